The second-order valence-corrected chi connectivity index (χ2v) is 3.59. The fourth-order valence-electron chi connectivity index (χ4n) is 1.23. The highest BCUT2D eigenvalue weighted by Crippen LogP contribution is 2.10. The Morgan fingerprint density at radius 2 is 1.88 bits per heavy atom. The lowest BCUT2D eigenvalue weighted by Gasteiger charge is -2.07. The second kappa shape index (κ2) is 6.40. The van der Waals surface area contributed by atoms with Crippen molar-refractivity contribution in [2.45, 2.75) is 20.3 Å². The van der Waals surface area contributed by atoms with Crippen molar-refractivity contribution >= 4 is 5.82 Å². The lowest BCUT2D eigenvalue weighted by atomic mass is 10.2. The third kappa shape index (κ3) is 3.75. The minimum absolute atomic E-state index is 0.555. The van der Waals surface area contributed by atoms with Gasteiger partial charge in [0.25, 0.3) is 0 Å². The summed E-state index contributed by atoms with van der Waals surface area (Å²) < 4.78 is 10.2. The van der Waals surface area contributed by atoms with Crippen LogP contribution in [-0.4, -0.2) is 36.9 Å². The van der Waals surface area contributed by atoms with E-state index in [9.17, 15) is 0 Å². The molecule has 0 spiro atoms. The number of rotatable bonds is 6. The number of ether oxygens (including phenoxy) is 2. The van der Waals surface area contributed by atoms with E-state index >= 15 is 0 Å². The van der Waals surface area contributed by atoms with E-state index in [-0.39, 0.29) is 0 Å². The van der Waals surface area contributed by atoms with E-state index in [0.29, 0.717) is 32.1 Å². The van der Waals surface area contributed by atoms with Crippen LogP contribution in [0.15, 0.2) is 0 Å². The number of anilines is 1. The van der Waals surface area contributed by atoms with Crippen molar-refractivity contribution in [3.63, 3.8) is 0 Å². The predicted octanol–water partition coefficient (Wildman–Crippen LogP) is 0.881. The molecule has 0 radical (unpaired) electrons. The molecule has 0 aliphatic heterocycles. The Morgan fingerprint density at radius 1 is 1.12 bits per heavy atom. The minimum Gasteiger partial charge on any atom is -0.383 e. The minimum atomic E-state index is 0.555. The van der Waals surface area contributed by atoms with Crippen molar-refractivity contribution in [1.29, 1.82) is 0 Å². The fourth-order valence-corrected chi connectivity index (χ4v) is 1.23. The third-order valence-corrected chi connectivity index (χ3v) is 2.37. The quantitative estimate of drug-likeness (QED) is 0.728. The zero-order chi connectivity index (χ0) is 12.0. The molecule has 1 aromatic rings. The predicted molar refractivity (Wildman–Crippen MR) is 62.3 cm³/mol. The number of methoxy groups -OCH3 is 1. The van der Waals surface area contributed by atoms with Gasteiger partial charge < -0.3 is 15.2 Å². The van der Waals surface area contributed by atoms with E-state index in [1.54, 1.807) is 7.11 Å². The molecule has 0 saturated carbocycles. The van der Waals surface area contributed by atoms with Gasteiger partial charge in [0.15, 0.2) is 0 Å². The van der Waals surface area contributed by atoms with Gasteiger partial charge in [-0.25, -0.2) is 9.97 Å². The van der Waals surface area contributed by atoms with E-state index in [4.69, 9.17) is 15.2 Å². The number of aryl methyl sites for hydroxylation is 1. The van der Waals surface area contributed by atoms with E-state index < -0.39 is 0 Å². The van der Waals surface area contributed by atoms with Gasteiger partial charge in [0.2, 0.25) is 0 Å². The first-order chi connectivity index (χ1) is 7.65. The molecule has 0 bridgehead atoms. The standard InChI is InChI=1S/C11H19N3O2/c1-8-9(2)13-10(14-11(8)12)4-5-16-7-6-15-3/h4-7H2,1-3H3,(H2,12,13,14). The molecule has 0 amide bonds. The highest BCUT2D eigenvalue weighted by atomic mass is 16.5. The maximum atomic E-state index is 5.76. The van der Waals surface area contributed by atoms with Crippen molar-refractivity contribution in [2.24, 2.45) is 0 Å². The normalized spacial score (nSPS) is 10.7. The van der Waals surface area contributed by atoms with Crippen LogP contribution in [0.25, 0.3) is 0 Å². The Kier molecular flexibility index (Phi) is 5.14. The summed E-state index contributed by atoms with van der Waals surface area (Å²) in [7, 11) is 1.65. The molecule has 5 nitrogen and oxygen atoms in total. The van der Waals surface area contributed by atoms with E-state index in [1.165, 1.54) is 0 Å². The van der Waals surface area contributed by atoms with Crippen molar-refractivity contribution < 1.29 is 9.47 Å². The number of nitrogens with two attached hydrogens (primary N) is 1. The van der Waals surface area contributed by atoms with Crippen LogP contribution in [0.5, 0.6) is 0 Å². The van der Waals surface area contributed by atoms with Crippen molar-refractivity contribution in [3.8, 4) is 0 Å². The number of hydrogen-bond donors (Lipinski definition) is 1. The smallest absolute Gasteiger partial charge is 0.133 e. The van der Waals surface area contributed by atoms with Crippen molar-refractivity contribution in [3.05, 3.63) is 17.1 Å². The van der Waals surface area contributed by atoms with E-state index in [2.05, 4.69) is 9.97 Å². The first-order valence-corrected chi connectivity index (χ1v) is 5.31. The molecule has 0 aliphatic carbocycles. The molecule has 1 heterocycles. The van der Waals surface area contributed by atoms with Gasteiger partial charge in [0.05, 0.1) is 19.8 Å². The summed E-state index contributed by atoms with van der Waals surface area (Å²) >= 11 is 0. The number of aromatic nitrogens is 2. The third-order valence-electron chi connectivity index (χ3n) is 2.37. The topological polar surface area (TPSA) is 70.3 Å². The molecule has 2 N–H and O–H groups in total. The van der Waals surface area contributed by atoms with Gasteiger partial charge in [-0.1, -0.05) is 0 Å². The average molecular weight is 225 g/mol. The van der Waals surface area contributed by atoms with Crippen molar-refractivity contribution in [2.75, 3.05) is 32.7 Å². The first kappa shape index (κ1) is 12.9. The molecule has 0 fully saturated rings. The summed E-state index contributed by atoms with van der Waals surface area (Å²) in [4.78, 5) is 8.56. The summed E-state index contributed by atoms with van der Waals surface area (Å²) in [6, 6.07) is 0. The molecule has 1 aromatic heterocycles. The van der Waals surface area contributed by atoms with Gasteiger partial charge in [-0.05, 0) is 13.8 Å². The van der Waals surface area contributed by atoms with Crippen molar-refractivity contribution in [1.82, 2.24) is 9.97 Å². The van der Waals surface area contributed by atoms with Crippen LogP contribution in [0.1, 0.15) is 17.1 Å². The Labute approximate surface area is 96.0 Å². The summed E-state index contributed by atoms with van der Waals surface area (Å²) in [5, 5.41) is 0. The molecule has 0 unspecified atom stereocenters. The Morgan fingerprint density at radius 3 is 2.50 bits per heavy atom. The first-order valence-electron chi connectivity index (χ1n) is 5.31. The summed E-state index contributed by atoms with van der Waals surface area (Å²) in [5.41, 5.74) is 7.64. The van der Waals surface area contributed by atoms with Crippen LogP contribution in [0.4, 0.5) is 5.82 Å². The molecule has 0 aromatic carbocycles. The highest BCUT2D eigenvalue weighted by molar-refractivity contribution is 5.40. The Bertz CT molecular complexity index is 319. The molecular formula is C11H19N3O2. The second-order valence-electron chi connectivity index (χ2n) is 3.59. The van der Waals surface area contributed by atoms with Gasteiger partial charge >= 0.3 is 0 Å². The zero-order valence-electron chi connectivity index (χ0n) is 10.1. The molecule has 5 heteroatoms. The van der Waals surface area contributed by atoms with Crippen LogP contribution in [0.2, 0.25) is 0 Å². The molecule has 90 valence electrons. The average Bonchev–Trinajstić information content (AvgIpc) is 2.25. The molecule has 1 rings (SSSR count). The zero-order valence-corrected chi connectivity index (χ0v) is 10.1. The Hall–Kier alpha value is -1.20. The number of nitrogens with zero attached hydrogens (tertiary/aromatic N) is 2. The summed E-state index contributed by atoms with van der Waals surface area (Å²) in [6.07, 6.45) is 0.676. The van der Waals surface area contributed by atoms with Crippen LogP contribution < -0.4 is 5.73 Å². The SMILES string of the molecule is COCCOCCc1nc(C)c(C)c(N)n1. The van der Waals surface area contributed by atoms with Crippen LogP contribution in [0, 0.1) is 13.8 Å². The monoisotopic (exact) mass is 225 g/mol. The Balaban J connectivity index is 2.43. The van der Waals surface area contributed by atoms with E-state index in [1.807, 2.05) is 13.8 Å². The lowest BCUT2D eigenvalue weighted by molar-refractivity contribution is 0.0716. The van der Waals surface area contributed by atoms with E-state index in [0.717, 1.165) is 17.1 Å². The molecule has 0 aliphatic rings. The molecule has 0 saturated heterocycles. The molecular weight excluding hydrogens is 206 g/mol. The largest absolute Gasteiger partial charge is 0.383 e. The fraction of sp³-hybridized carbons (Fsp3) is 0.636. The van der Waals surface area contributed by atoms with Gasteiger partial charge in [0.1, 0.15) is 11.6 Å². The van der Waals surface area contributed by atoms with Gasteiger partial charge in [-0.3, -0.25) is 0 Å². The van der Waals surface area contributed by atoms with Gasteiger partial charge in [0, 0.05) is 24.8 Å². The maximum absolute atomic E-state index is 5.76. The van der Waals surface area contributed by atoms with Crippen LogP contribution in [0.3, 0.4) is 0 Å². The van der Waals surface area contributed by atoms with Gasteiger partial charge in [-0.2, -0.15) is 0 Å². The number of nitrogen functional groups attached to an aromatic ring is 1. The molecule has 16 heavy (non-hydrogen) atoms. The number of hydrogen-bond acceptors (Lipinski definition) is 5. The van der Waals surface area contributed by atoms with Gasteiger partial charge in [-0.15, -0.1) is 0 Å². The molecule has 0 atom stereocenters. The lowest BCUT2D eigenvalue weighted by Crippen LogP contribution is -2.09. The maximum Gasteiger partial charge on any atom is 0.133 e. The van der Waals surface area contributed by atoms with Crippen LogP contribution in [-0.2, 0) is 15.9 Å². The summed E-state index contributed by atoms with van der Waals surface area (Å²) in [6.45, 7) is 5.64. The summed E-state index contributed by atoms with van der Waals surface area (Å²) in [5.74, 6) is 1.29. The highest BCUT2D eigenvalue weighted by Gasteiger charge is 2.04. The van der Waals surface area contributed by atoms with Crippen LogP contribution >= 0.6 is 0 Å².